The number of benzene rings is 1. The molecule has 24 heavy (non-hydrogen) atoms. The highest BCUT2D eigenvalue weighted by molar-refractivity contribution is 6.31. The Morgan fingerprint density at radius 1 is 1.29 bits per heavy atom. The van der Waals surface area contributed by atoms with Gasteiger partial charge in [-0.3, -0.25) is 9.69 Å². The summed E-state index contributed by atoms with van der Waals surface area (Å²) in [6.45, 7) is 3.81. The van der Waals surface area contributed by atoms with Gasteiger partial charge < -0.3 is 9.88 Å². The molecule has 5 nitrogen and oxygen atoms in total. The molecule has 6 heteroatoms. The van der Waals surface area contributed by atoms with Gasteiger partial charge in [-0.1, -0.05) is 29.8 Å². The number of rotatable bonds is 5. The zero-order chi connectivity index (χ0) is 16.9. The van der Waals surface area contributed by atoms with Crippen LogP contribution in [0.5, 0.6) is 0 Å². The second kappa shape index (κ2) is 7.81. The Morgan fingerprint density at radius 2 is 2.04 bits per heavy atom. The van der Waals surface area contributed by atoms with Crippen LogP contribution in [0.3, 0.4) is 0 Å². The first-order valence-electron chi connectivity index (χ1n) is 8.35. The molecule has 128 valence electrons. The fourth-order valence-corrected chi connectivity index (χ4v) is 3.27. The number of nitrogens with zero attached hydrogens (tertiary/aromatic N) is 3. The third-order valence-corrected chi connectivity index (χ3v) is 5.00. The van der Waals surface area contributed by atoms with E-state index in [1.165, 1.54) is 5.56 Å². The van der Waals surface area contributed by atoms with E-state index in [2.05, 4.69) is 21.3 Å². The van der Waals surface area contributed by atoms with Crippen LogP contribution in [0.1, 0.15) is 18.4 Å². The van der Waals surface area contributed by atoms with E-state index in [-0.39, 0.29) is 5.56 Å². The van der Waals surface area contributed by atoms with E-state index in [1.54, 1.807) is 24.0 Å². The van der Waals surface area contributed by atoms with Crippen LogP contribution in [0.25, 0.3) is 0 Å². The van der Waals surface area contributed by atoms with E-state index < -0.39 is 0 Å². The van der Waals surface area contributed by atoms with Crippen LogP contribution in [0, 0.1) is 5.92 Å². The molecular weight excluding hydrogens is 324 g/mol. The SMILES string of the molecule is Cn1ccnc(NCC2CCN(Cc3ccccc3Cl)CC2)c1=O. The van der Waals surface area contributed by atoms with Gasteiger partial charge in [0.15, 0.2) is 5.82 Å². The Hall–Kier alpha value is -1.85. The summed E-state index contributed by atoms with van der Waals surface area (Å²) in [5.74, 6) is 1.01. The van der Waals surface area contributed by atoms with Crippen LogP contribution in [0.4, 0.5) is 5.82 Å². The van der Waals surface area contributed by atoms with Crippen molar-refractivity contribution in [1.82, 2.24) is 14.5 Å². The number of hydrogen-bond donors (Lipinski definition) is 1. The van der Waals surface area contributed by atoms with Crippen LogP contribution >= 0.6 is 11.6 Å². The van der Waals surface area contributed by atoms with Crippen molar-refractivity contribution in [2.45, 2.75) is 19.4 Å². The summed E-state index contributed by atoms with van der Waals surface area (Å²) < 4.78 is 1.54. The average Bonchev–Trinajstić information content (AvgIpc) is 2.59. The van der Waals surface area contributed by atoms with E-state index >= 15 is 0 Å². The molecule has 0 saturated carbocycles. The Bertz CT molecular complexity index is 738. The van der Waals surface area contributed by atoms with Crippen molar-refractivity contribution in [3.05, 3.63) is 57.6 Å². The lowest BCUT2D eigenvalue weighted by Crippen LogP contribution is -2.36. The largest absolute Gasteiger partial charge is 0.365 e. The topological polar surface area (TPSA) is 50.2 Å². The van der Waals surface area contributed by atoms with E-state index in [9.17, 15) is 4.79 Å². The number of nitrogens with one attached hydrogen (secondary N) is 1. The summed E-state index contributed by atoms with van der Waals surface area (Å²) in [5.41, 5.74) is 1.11. The number of aromatic nitrogens is 2. The van der Waals surface area contributed by atoms with Gasteiger partial charge in [0.1, 0.15) is 0 Å². The lowest BCUT2D eigenvalue weighted by molar-refractivity contribution is 0.182. The van der Waals surface area contributed by atoms with Crippen LogP contribution in [0.2, 0.25) is 5.02 Å². The predicted molar refractivity (Wildman–Crippen MR) is 97.4 cm³/mol. The second-order valence-electron chi connectivity index (χ2n) is 6.38. The summed E-state index contributed by atoms with van der Waals surface area (Å²) in [7, 11) is 1.74. The van der Waals surface area contributed by atoms with Gasteiger partial charge in [-0.2, -0.15) is 0 Å². The summed E-state index contributed by atoms with van der Waals surface area (Å²) in [6, 6.07) is 8.03. The monoisotopic (exact) mass is 346 g/mol. The lowest BCUT2D eigenvalue weighted by Gasteiger charge is -2.32. The minimum atomic E-state index is -0.0753. The van der Waals surface area contributed by atoms with E-state index in [4.69, 9.17) is 11.6 Å². The van der Waals surface area contributed by atoms with Crippen molar-refractivity contribution >= 4 is 17.4 Å². The highest BCUT2D eigenvalue weighted by Gasteiger charge is 2.20. The lowest BCUT2D eigenvalue weighted by atomic mass is 9.96. The fraction of sp³-hybridized carbons (Fsp3) is 0.444. The molecule has 1 N–H and O–H groups in total. The van der Waals surface area contributed by atoms with E-state index in [0.717, 1.165) is 44.0 Å². The molecule has 0 radical (unpaired) electrons. The zero-order valence-corrected chi connectivity index (χ0v) is 14.7. The quantitative estimate of drug-likeness (QED) is 0.904. The van der Waals surface area contributed by atoms with Crippen LogP contribution in [-0.2, 0) is 13.6 Å². The molecule has 0 aliphatic carbocycles. The highest BCUT2D eigenvalue weighted by atomic mass is 35.5. The first-order chi connectivity index (χ1) is 11.6. The van der Waals surface area contributed by atoms with Crippen molar-refractivity contribution in [2.75, 3.05) is 25.0 Å². The zero-order valence-electron chi connectivity index (χ0n) is 13.9. The van der Waals surface area contributed by atoms with Gasteiger partial charge in [-0.05, 0) is 43.5 Å². The first kappa shape index (κ1) is 17.0. The van der Waals surface area contributed by atoms with Crippen molar-refractivity contribution < 1.29 is 0 Å². The van der Waals surface area contributed by atoms with Gasteiger partial charge in [0.25, 0.3) is 5.56 Å². The number of anilines is 1. The normalized spacial score (nSPS) is 16.2. The van der Waals surface area contributed by atoms with Gasteiger partial charge >= 0.3 is 0 Å². The van der Waals surface area contributed by atoms with Gasteiger partial charge in [0.05, 0.1) is 0 Å². The molecule has 0 bridgehead atoms. The number of halogens is 1. The van der Waals surface area contributed by atoms with Crippen molar-refractivity contribution in [3.8, 4) is 0 Å². The molecule has 0 atom stereocenters. The van der Waals surface area contributed by atoms with Gasteiger partial charge in [0, 0.05) is 37.6 Å². The molecule has 3 rings (SSSR count). The van der Waals surface area contributed by atoms with E-state index in [0.29, 0.717) is 11.7 Å². The average molecular weight is 347 g/mol. The standard InChI is InChI=1S/C18H23ClN4O/c1-22-11-8-20-17(18(22)24)21-12-14-6-9-23(10-7-14)13-15-4-2-3-5-16(15)19/h2-5,8,11,14H,6-7,9-10,12-13H2,1H3,(H,20,21). The van der Waals surface area contributed by atoms with Crippen molar-refractivity contribution in [1.29, 1.82) is 0 Å². The molecule has 1 aliphatic rings. The Balaban J connectivity index is 1.48. The van der Waals surface area contributed by atoms with Gasteiger partial charge in [0.2, 0.25) is 0 Å². The van der Waals surface area contributed by atoms with Crippen LogP contribution < -0.4 is 10.9 Å². The van der Waals surface area contributed by atoms with E-state index in [1.807, 2.05) is 18.2 Å². The van der Waals surface area contributed by atoms with Gasteiger partial charge in [-0.25, -0.2) is 4.98 Å². The maximum atomic E-state index is 11.9. The fourth-order valence-electron chi connectivity index (χ4n) is 3.08. The Morgan fingerprint density at radius 3 is 2.79 bits per heavy atom. The third-order valence-electron chi connectivity index (χ3n) is 4.63. The number of aryl methyl sites for hydroxylation is 1. The maximum Gasteiger partial charge on any atom is 0.293 e. The van der Waals surface area contributed by atoms with Crippen molar-refractivity contribution in [2.24, 2.45) is 13.0 Å². The van der Waals surface area contributed by atoms with Gasteiger partial charge in [-0.15, -0.1) is 0 Å². The molecule has 1 aromatic carbocycles. The summed E-state index contributed by atoms with van der Waals surface area (Å²) in [6.07, 6.45) is 5.55. The summed E-state index contributed by atoms with van der Waals surface area (Å²) in [4.78, 5) is 18.5. The Labute approximate surface area is 147 Å². The van der Waals surface area contributed by atoms with Crippen molar-refractivity contribution in [3.63, 3.8) is 0 Å². The smallest absolute Gasteiger partial charge is 0.293 e. The maximum absolute atomic E-state index is 11.9. The second-order valence-corrected chi connectivity index (χ2v) is 6.79. The third kappa shape index (κ3) is 4.16. The molecule has 0 unspecified atom stereocenters. The molecule has 2 aromatic rings. The molecule has 0 amide bonds. The number of hydrogen-bond acceptors (Lipinski definition) is 4. The molecule has 0 spiro atoms. The number of likely N-dealkylation sites (tertiary alicyclic amines) is 1. The highest BCUT2D eigenvalue weighted by Crippen LogP contribution is 2.22. The number of piperidine rings is 1. The van der Waals surface area contributed by atoms with Crippen LogP contribution in [0.15, 0.2) is 41.5 Å². The molecule has 1 aliphatic heterocycles. The minimum absolute atomic E-state index is 0.0753. The minimum Gasteiger partial charge on any atom is -0.365 e. The predicted octanol–water partition coefficient (Wildman–Crippen LogP) is 2.76. The molecule has 1 saturated heterocycles. The Kier molecular flexibility index (Phi) is 5.53. The summed E-state index contributed by atoms with van der Waals surface area (Å²) >= 11 is 6.24. The summed E-state index contributed by atoms with van der Waals surface area (Å²) in [5, 5.41) is 4.05. The molecule has 2 heterocycles. The molecule has 1 fully saturated rings. The first-order valence-corrected chi connectivity index (χ1v) is 8.72. The molecular formula is C18H23ClN4O. The van der Waals surface area contributed by atoms with Crippen LogP contribution in [-0.4, -0.2) is 34.1 Å². The molecule has 1 aromatic heterocycles.